The summed E-state index contributed by atoms with van der Waals surface area (Å²) in [5, 5.41) is 9.92. The number of piperidine rings is 1. The van der Waals surface area contributed by atoms with Crippen LogP contribution in [0.1, 0.15) is 58.1 Å². The van der Waals surface area contributed by atoms with Crippen molar-refractivity contribution >= 4 is 11.8 Å². The minimum atomic E-state index is -0.00515. The number of thioether (sulfide) groups is 1. The molecule has 0 radical (unpaired) electrons. The van der Waals surface area contributed by atoms with Gasteiger partial charge in [-0.15, -0.1) is 11.8 Å². The third-order valence-electron chi connectivity index (χ3n) is 5.25. The lowest BCUT2D eigenvalue weighted by molar-refractivity contribution is 0.183. The Bertz CT molecular complexity index is 774. The average Bonchev–Trinajstić information content (AvgIpc) is 2.75. The number of rotatable bonds is 5. The molecule has 0 spiro atoms. The fourth-order valence-electron chi connectivity index (χ4n) is 3.75. The van der Waals surface area contributed by atoms with Crippen molar-refractivity contribution in [3.8, 4) is 17.2 Å². The van der Waals surface area contributed by atoms with Gasteiger partial charge in [0.15, 0.2) is 0 Å². The van der Waals surface area contributed by atoms with E-state index in [9.17, 15) is 5.11 Å². The lowest BCUT2D eigenvalue weighted by atomic mass is 10.1. The van der Waals surface area contributed by atoms with Gasteiger partial charge in [-0.05, 0) is 68.8 Å². The van der Waals surface area contributed by atoms with E-state index in [1.54, 1.807) is 23.9 Å². The van der Waals surface area contributed by atoms with E-state index in [-0.39, 0.29) is 17.1 Å². The third-order valence-corrected chi connectivity index (χ3v) is 6.45. The summed E-state index contributed by atoms with van der Waals surface area (Å²) >= 11 is 1.74. The summed E-state index contributed by atoms with van der Waals surface area (Å²) in [6.45, 7) is 10.6. The van der Waals surface area contributed by atoms with Crippen LogP contribution in [0.4, 0.5) is 0 Å². The summed E-state index contributed by atoms with van der Waals surface area (Å²) < 4.78 is 12.1. The van der Waals surface area contributed by atoms with Crippen molar-refractivity contribution < 1.29 is 14.6 Å². The van der Waals surface area contributed by atoms with Crippen molar-refractivity contribution in [3.63, 3.8) is 0 Å². The maximum atomic E-state index is 9.66. The number of hydrogen-bond donors (Lipinski definition) is 1. The van der Waals surface area contributed by atoms with Gasteiger partial charge in [-0.25, -0.2) is 0 Å². The van der Waals surface area contributed by atoms with E-state index in [1.807, 2.05) is 18.2 Å². The second-order valence-corrected chi connectivity index (χ2v) is 9.44. The molecule has 2 atom stereocenters. The predicted octanol–water partition coefficient (Wildman–Crippen LogP) is 6.29. The minimum absolute atomic E-state index is 0.00515. The number of hydrogen-bond acceptors (Lipinski definition) is 5. The normalized spacial score (nSPS) is 21.0. The van der Waals surface area contributed by atoms with Gasteiger partial charge in [-0.1, -0.05) is 38.8 Å². The van der Waals surface area contributed by atoms with Gasteiger partial charge in [0.05, 0.1) is 4.90 Å². The van der Waals surface area contributed by atoms with E-state index in [4.69, 9.17) is 9.47 Å². The SMILES string of the molecule is CC1Sc2cc(O)ccc2OC1c1ccc(OCCN2CCCCC2)cc1.CCC. The maximum Gasteiger partial charge on any atom is 0.136 e. The molecule has 1 fully saturated rings. The van der Waals surface area contributed by atoms with E-state index in [2.05, 4.69) is 37.8 Å². The first kappa shape index (κ1) is 22.8. The van der Waals surface area contributed by atoms with Gasteiger partial charge in [0.25, 0.3) is 0 Å². The number of phenols is 1. The van der Waals surface area contributed by atoms with Gasteiger partial charge in [0.1, 0.15) is 30.0 Å². The molecule has 0 aliphatic carbocycles. The van der Waals surface area contributed by atoms with Gasteiger partial charge in [0.2, 0.25) is 0 Å². The van der Waals surface area contributed by atoms with Crippen LogP contribution in [0.2, 0.25) is 0 Å². The van der Waals surface area contributed by atoms with Gasteiger partial charge >= 0.3 is 0 Å². The summed E-state index contributed by atoms with van der Waals surface area (Å²) in [6.07, 6.45) is 5.24. The summed E-state index contributed by atoms with van der Waals surface area (Å²) in [5.41, 5.74) is 1.15. The van der Waals surface area contributed by atoms with Crippen molar-refractivity contribution in [2.75, 3.05) is 26.2 Å². The average molecular weight is 430 g/mol. The topological polar surface area (TPSA) is 41.9 Å². The molecule has 0 aromatic heterocycles. The smallest absolute Gasteiger partial charge is 0.136 e. The monoisotopic (exact) mass is 429 g/mol. The van der Waals surface area contributed by atoms with Crippen LogP contribution < -0.4 is 9.47 Å². The van der Waals surface area contributed by atoms with Gasteiger partial charge in [-0.3, -0.25) is 4.90 Å². The summed E-state index contributed by atoms with van der Waals surface area (Å²) in [4.78, 5) is 3.48. The highest BCUT2D eigenvalue weighted by atomic mass is 32.2. The van der Waals surface area contributed by atoms with Crippen molar-refractivity contribution in [2.45, 2.75) is 62.7 Å². The Hall–Kier alpha value is -1.85. The number of likely N-dealkylation sites (tertiary alicyclic amines) is 1. The van der Waals surface area contributed by atoms with Crippen molar-refractivity contribution in [2.24, 2.45) is 0 Å². The summed E-state index contributed by atoms with van der Waals surface area (Å²) in [5.74, 6) is 2.03. The Labute approximate surface area is 185 Å². The Morgan fingerprint density at radius 3 is 2.47 bits per heavy atom. The predicted molar refractivity (Wildman–Crippen MR) is 125 cm³/mol. The number of phenolic OH excluding ortho intramolecular Hbond substituents is 1. The Kier molecular flexibility index (Phi) is 8.76. The van der Waals surface area contributed by atoms with Crippen molar-refractivity contribution in [1.29, 1.82) is 0 Å². The van der Waals surface area contributed by atoms with Crippen LogP contribution in [0.15, 0.2) is 47.4 Å². The zero-order valence-corrected chi connectivity index (χ0v) is 19.3. The first-order valence-electron chi connectivity index (χ1n) is 11.2. The molecule has 0 amide bonds. The highest BCUT2D eigenvalue weighted by Crippen LogP contribution is 2.46. The fraction of sp³-hybridized carbons (Fsp3) is 0.520. The molecular formula is C25H35NO3S. The van der Waals surface area contributed by atoms with Crippen LogP contribution in [0.5, 0.6) is 17.2 Å². The van der Waals surface area contributed by atoms with E-state index in [0.717, 1.165) is 35.1 Å². The molecule has 2 aliphatic heterocycles. The lowest BCUT2D eigenvalue weighted by Crippen LogP contribution is -2.33. The van der Waals surface area contributed by atoms with Crippen LogP contribution in [0.25, 0.3) is 0 Å². The number of ether oxygens (including phenoxy) is 2. The second kappa shape index (κ2) is 11.5. The lowest BCUT2D eigenvalue weighted by Gasteiger charge is -2.31. The highest BCUT2D eigenvalue weighted by Gasteiger charge is 2.29. The molecule has 0 saturated carbocycles. The largest absolute Gasteiger partial charge is 0.508 e. The van der Waals surface area contributed by atoms with Crippen LogP contribution in [0, 0.1) is 0 Å². The zero-order chi connectivity index (χ0) is 21.3. The van der Waals surface area contributed by atoms with Crippen LogP contribution in [-0.4, -0.2) is 41.5 Å². The molecule has 1 N–H and O–H groups in total. The minimum Gasteiger partial charge on any atom is -0.508 e. The van der Waals surface area contributed by atoms with E-state index >= 15 is 0 Å². The zero-order valence-electron chi connectivity index (χ0n) is 18.5. The molecule has 30 heavy (non-hydrogen) atoms. The molecule has 4 nitrogen and oxygen atoms in total. The number of fused-ring (bicyclic) bond motifs is 1. The molecule has 2 aliphatic rings. The van der Waals surface area contributed by atoms with E-state index in [0.29, 0.717) is 0 Å². The van der Waals surface area contributed by atoms with Gasteiger partial charge in [0, 0.05) is 11.8 Å². The quantitative estimate of drug-likeness (QED) is 0.605. The van der Waals surface area contributed by atoms with Crippen LogP contribution in [-0.2, 0) is 0 Å². The fourth-order valence-corrected chi connectivity index (χ4v) is 4.91. The highest BCUT2D eigenvalue weighted by molar-refractivity contribution is 8.00. The molecule has 2 aromatic carbocycles. The molecule has 2 heterocycles. The van der Waals surface area contributed by atoms with Crippen LogP contribution >= 0.6 is 11.8 Å². The molecule has 4 rings (SSSR count). The third kappa shape index (κ3) is 6.32. The second-order valence-electron chi connectivity index (χ2n) is 8.02. The Morgan fingerprint density at radius 2 is 1.77 bits per heavy atom. The first-order valence-corrected chi connectivity index (χ1v) is 12.1. The van der Waals surface area contributed by atoms with Crippen LogP contribution in [0.3, 0.4) is 0 Å². The van der Waals surface area contributed by atoms with Crippen molar-refractivity contribution in [3.05, 3.63) is 48.0 Å². The number of aromatic hydroxyl groups is 1. The molecule has 2 unspecified atom stereocenters. The molecule has 2 aromatic rings. The molecule has 1 saturated heterocycles. The summed E-state index contributed by atoms with van der Waals surface area (Å²) in [7, 11) is 0. The first-order chi connectivity index (χ1) is 14.6. The Balaban J connectivity index is 0.000000806. The van der Waals surface area contributed by atoms with Gasteiger partial charge < -0.3 is 14.6 Å². The van der Waals surface area contributed by atoms with E-state index in [1.165, 1.54) is 38.8 Å². The standard InChI is InChI=1S/C22H27NO3S.C3H8/c1-16-22(26-20-10-7-18(24)15-21(20)27-16)17-5-8-19(9-6-17)25-14-13-23-11-3-2-4-12-23;1-3-2/h5-10,15-16,22,24H,2-4,11-14H2,1H3;3H2,1-2H3. The van der Waals surface area contributed by atoms with Gasteiger partial charge in [-0.2, -0.15) is 0 Å². The van der Waals surface area contributed by atoms with E-state index < -0.39 is 0 Å². The maximum absolute atomic E-state index is 9.66. The number of benzene rings is 2. The van der Waals surface area contributed by atoms with Crippen molar-refractivity contribution in [1.82, 2.24) is 4.90 Å². The molecule has 0 bridgehead atoms. The molecule has 164 valence electrons. The Morgan fingerprint density at radius 1 is 1.07 bits per heavy atom. The summed E-state index contributed by atoms with van der Waals surface area (Å²) in [6, 6.07) is 13.6. The molecule has 5 heteroatoms. The molecular weight excluding hydrogens is 394 g/mol. The number of nitrogens with zero attached hydrogens (tertiary/aromatic N) is 1.